The number of benzene rings is 2. The van der Waals surface area contributed by atoms with Crippen molar-refractivity contribution in [1.82, 2.24) is 14.9 Å². The first kappa shape index (κ1) is 20.2. The van der Waals surface area contributed by atoms with Crippen LogP contribution in [0.4, 0.5) is 5.69 Å². The molecule has 7 heteroatoms. The molecule has 0 aliphatic heterocycles. The molecule has 0 spiro atoms. The molecule has 2 N–H and O–H groups in total. The molecule has 0 fully saturated rings. The molecular weight excluding hydrogens is 366 g/mol. The van der Waals surface area contributed by atoms with Gasteiger partial charge in [0.05, 0.1) is 35.2 Å². The highest BCUT2D eigenvalue weighted by molar-refractivity contribution is 5.93. The first-order chi connectivity index (χ1) is 14.1. The minimum atomic E-state index is -0.216. The zero-order chi connectivity index (χ0) is 20.6. The molecule has 1 aromatic heterocycles. The first-order valence-corrected chi connectivity index (χ1v) is 9.60. The number of anilines is 1. The topological polar surface area (TPSA) is 102 Å². The summed E-state index contributed by atoms with van der Waals surface area (Å²) in [7, 11) is 0. The normalized spacial score (nSPS) is 10.8. The van der Waals surface area contributed by atoms with Crippen molar-refractivity contribution >= 4 is 22.5 Å². The van der Waals surface area contributed by atoms with Crippen molar-refractivity contribution < 1.29 is 4.79 Å². The van der Waals surface area contributed by atoms with Crippen LogP contribution in [-0.2, 0) is 11.3 Å². The van der Waals surface area contributed by atoms with Gasteiger partial charge in [-0.25, -0.2) is 4.98 Å². The molecule has 3 rings (SSSR count). The summed E-state index contributed by atoms with van der Waals surface area (Å²) in [6, 6.07) is 16.1. The molecule has 0 atom stereocenters. The Hall–Kier alpha value is -3.50. The van der Waals surface area contributed by atoms with E-state index in [4.69, 9.17) is 0 Å². The zero-order valence-electron chi connectivity index (χ0n) is 16.3. The Morgan fingerprint density at radius 2 is 1.97 bits per heavy atom. The van der Waals surface area contributed by atoms with E-state index in [-0.39, 0.29) is 18.0 Å². The molecule has 1 amide bonds. The number of hydrogen-bond acceptors (Lipinski definition) is 5. The van der Waals surface area contributed by atoms with Gasteiger partial charge in [0.2, 0.25) is 5.91 Å². The largest absolute Gasteiger partial charge is 0.324 e. The lowest BCUT2D eigenvalue weighted by Gasteiger charge is -2.21. The molecule has 0 aliphatic rings. The minimum absolute atomic E-state index is 0.135. The molecule has 148 valence electrons. The van der Waals surface area contributed by atoms with Crippen LogP contribution in [0, 0.1) is 11.3 Å². The number of rotatable bonds is 8. The van der Waals surface area contributed by atoms with Gasteiger partial charge < -0.3 is 10.3 Å². The standard InChI is InChI=1S/C22H23N5O2/c1-2-3-12-27(15-21(28)25-18-10-6-4-8-16(18)13-23)14-20-24-19-11-7-5-9-17(19)22(29)26-20/h4-11H,2-3,12,14-15H2,1H3,(H,25,28)(H,24,26,29). The second-order valence-corrected chi connectivity index (χ2v) is 6.80. The van der Waals surface area contributed by atoms with Crippen LogP contribution in [0.15, 0.2) is 53.3 Å². The summed E-state index contributed by atoms with van der Waals surface area (Å²) >= 11 is 0. The summed E-state index contributed by atoms with van der Waals surface area (Å²) < 4.78 is 0. The molecular formula is C22H23N5O2. The number of carbonyl (C=O) groups excluding carboxylic acids is 1. The van der Waals surface area contributed by atoms with Crippen LogP contribution in [0.1, 0.15) is 31.2 Å². The van der Waals surface area contributed by atoms with Crippen molar-refractivity contribution in [1.29, 1.82) is 5.26 Å². The average molecular weight is 389 g/mol. The second kappa shape index (κ2) is 9.62. The van der Waals surface area contributed by atoms with E-state index in [1.807, 2.05) is 11.0 Å². The number of aromatic amines is 1. The highest BCUT2D eigenvalue weighted by atomic mass is 16.2. The third-order valence-electron chi connectivity index (χ3n) is 4.55. The molecule has 0 unspecified atom stereocenters. The number of aromatic nitrogens is 2. The van der Waals surface area contributed by atoms with Crippen molar-refractivity contribution in [2.24, 2.45) is 0 Å². The van der Waals surface area contributed by atoms with Gasteiger partial charge in [0, 0.05) is 0 Å². The van der Waals surface area contributed by atoms with E-state index in [1.165, 1.54) is 0 Å². The molecule has 3 aromatic rings. The summed E-state index contributed by atoms with van der Waals surface area (Å²) in [5, 5.41) is 12.5. The number of carbonyl (C=O) groups is 1. The van der Waals surface area contributed by atoms with E-state index in [0.717, 1.165) is 12.8 Å². The fourth-order valence-corrected chi connectivity index (χ4v) is 3.10. The lowest BCUT2D eigenvalue weighted by atomic mass is 10.2. The fourth-order valence-electron chi connectivity index (χ4n) is 3.10. The van der Waals surface area contributed by atoms with E-state index >= 15 is 0 Å². The molecule has 0 aliphatic carbocycles. The van der Waals surface area contributed by atoms with Gasteiger partial charge in [0.25, 0.3) is 5.56 Å². The molecule has 0 saturated heterocycles. The molecule has 7 nitrogen and oxygen atoms in total. The summed E-state index contributed by atoms with van der Waals surface area (Å²) in [5.74, 6) is 0.307. The molecule has 2 aromatic carbocycles. The Balaban J connectivity index is 1.75. The molecule has 1 heterocycles. The van der Waals surface area contributed by atoms with E-state index in [9.17, 15) is 14.9 Å². The average Bonchev–Trinajstić information content (AvgIpc) is 2.72. The highest BCUT2D eigenvalue weighted by Crippen LogP contribution is 2.14. The SMILES string of the molecule is CCCCN(CC(=O)Nc1ccccc1C#N)Cc1nc2ccccc2c(=O)[nH]1. The number of fused-ring (bicyclic) bond motifs is 1. The summed E-state index contributed by atoms with van der Waals surface area (Å²) in [4.78, 5) is 34.2. The van der Waals surface area contributed by atoms with E-state index in [2.05, 4.69) is 28.3 Å². The number of H-pyrrole nitrogens is 1. The Kier molecular flexibility index (Phi) is 6.72. The smallest absolute Gasteiger partial charge is 0.258 e. The van der Waals surface area contributed by atoms with Crippen LogP contribution < -0.4 is 10.9 Å². The monoisotopic (exact) mass is 389 g/mol. The van der Waals surface area contributed by atoms with Gasteiger partial charge in [-0.05, 0) is 37.2 Å². The van der Waals surface area contributed by atoms with Crippen LogP contribution >= 0.6 is 0 Å². The van der Waals surface area contributed by atoms with Crippen molar-refractivity contribution in [3.63, 3.8) is 0 Å². The van der Waals surface area contributed by atoms with Gasteiger partial charge in [-0.3, -0.25) is 14.5 Å². The van der Waals surface area contributed by atoms with Crippen molar-refractivity contribution in [2.45, 2.75) is 26.3 Å². The van der Waals surface area contributed by atoms with Gasteiger partial charge in [0.1, 0.15) is 11.9 Å². The van der Waals surface area contributed by atoms with Gasteiger partial charge in [-0.1, -0.05) is 37.6 Å². The van der Waals surface area contributed by atoms with E-state index in [1.54, 1.807) is 42.5 Å². The Labute approximate surface area is 169 Å². The number of amides is 1. The molecule has 0 bridgehead atoms. The molecule has 0 saturated carbocycles. The number of hydrogen-bond donors (Lipinski definition) is 2. The summed E-state index contributed by atoms with van der Waals surface area (Å²) in [6.45, 7) is 3.27. The molecule has 0 radical (unpaired) electrons. The number of para-hydroxylation sites is 2. The highest BCUT2D eigenvalue weighted by Gasteiger charge is 2.14. The van der Waals surface area contributed by atoms with Crippen molar-refractivity contribution in [3.8, 4) is 6.07 Å². The maximum Gasteiger partial charge on any atom is 0.258 e. The third-order valence-corrected chi connectivity index (χ3v) is 4.55. The zero-order valence-corrected chi connectivity index (χ0v) is 16.3. The van der Waals surface area contributed by atoms with E-state index < -0.39 is 0 Å². The predicted octanol–water partition coefficient (Wildman–Crippen LogP) is 3.04. The Morgan fingerprint density at radius 3 is 2.76 bits per heavy atom. The van der Waals surface area contributed by atoms with Crippen LogP contribution in [0.3, 0.4) is 0 Å². The van der Waals surface area contributed by atoms with E-state index in [0.29, 0.717) is 41.1 Å². The fraction of sp³-hybridized carbons (Fsp3) is 0.273. The number of nitriles is 1. The van der Waals surface area contributed by atoms with Crippen LogP contribution in [0.5, 0.6) is 0 Å². The Bertz CT molecular complexity index is 1100. The maximum absolute atomic E-state index is 12.6. The number of nitrogens with zero attached hydrogens (tertiary/aromatic N) is 3. The maximum atomic E-state index is 12.6. The Morgan fingerprint density at radius 1 is 1.21 bits per heavy atom. The summed E-state index contributed by atoms with van der Waals surface area (Å²) in [5.41, 5.74) is 1.36. The predicted molar refractivity (Wildman–Crippen MR) is 112 cm³/mol. The van der Waals surface area contributed by atoms with Crippen LogP contribution in [0.25, 0.3) is 10.9 Å². The lowest BCUT2D eigenvalue weighted by Crippen LogP contribution is -2.34. The van der Waals surface area contributed by atoms with Gasteiger partial charge in [-0.2, -0.15) is 5.26 Å². The van der Waals surface area contributed by atoms with Crippen molar-refractivity contribution in [2.75, 3.05) is 18.4 Å². The second-order valence-electron chi connectivity index (χ2n) is 6.80. The van der Waals surface area contributed by atoms with Crippen LogP contribution in [0.2, 0.25) is 0 Å². The van der Waals surface area contributed by atoms with Gasteiger partial charge in [0.15, 0.2) is 0 Å². The number of nitrogens with one attached hydrogen (secondary N) is 2. The lowest BCUT2D eigenvalue weighted by molar-refractivity contribution is -0.117. The minimum Gasteiger partial charge on any atom is -0.324 e. The third kappa shape index (κ3) is 5.27. The van der Waals surface area contributed by atoms with Crippen LogP contribution in [-0.4, -0.2) is 33.9 Å². The number of unbranched alkanes of at least 4 members (excludes halogenated alkanes) is 1. The van der Waals surface area contributed by atoms with Crippen molar-refractivity contribution in [3.05, 3.63) is 70.3 Å². The molecule has 29 heavy (non-hydrogen) atoms. The summed E-state index contributed by atoms with van der Waals surface area (Å²) in [6.07, 6.45) is 1.90. The van der Waals surface area contributed by atoms with Gasteiger partial charge >= 0.3 is 0 Å². The quantitative estimate of drug-likeness (QED) is 0.616. The first-order valence-electron chi connectivity index (χ1n) is 9.60. The van der Waals surface area contributed by atoms with Gasteiger partial charge in [-0.15, -0.1) is 0 Å².